The fraction of sp³-hybridized carbons (Fsp3) is 0.182. The fourth-order valence-corrected chi connectivity index (χ4v) is 2.96. The number of benzene rings is 2. The molecule has 3 rings (SSSR count). The predicted molar refractivity (Wildman–Crippen MR) is 107 cm³/mol. The number of carbonyl (C=O) groups is 1. The van der Waals surface area contributed by atoms with Gasteiger partial charge in [0.2, 0.25) is 0 Å². The summed E-state index contributed by atoms with van der Waals surface area (Å²) in [5.41, 5.74) is 0.723. The Bertz CT molecular complexity index is 974. The molecular weight excluding hydrogens is 379 g/mol. The zero-order valence-electron chi connectivity index (χ0n) is 15.8. The van der Waals surface area contributed by atoms with Gasteiger partial charge in [-0.15, -0.1) is 0 Å². The van der Waals surface area contributed by atoms with Crippen LogP contribution in [-0.2, 0) is 12.7 Å². The first-order valence-electron chi connectivity index (χ1n) is 9.11. The van der Waals surface area contributed by atoms with E-state index >= 15 is 0 Å². The number of pyridine rings is 1. The molecule has 1 amide bonds. The van der Waals surface area contributed by atoms with Crippen molar-refractivity contribution >= 4 is 17.3 Å². The first-order chi connectivity index (χ1) is 13.9. The molecule has 0 saturated heterocycles. The third kappa shape index (κ3) is 5.13. The maximum Gasteiger partial charge on any atom is 0.418 e. The highest BCUT2D eigenvalue weighted by atomic mass is 19.4. The topological polar surface area (TPSA) is 45.2 Å². The number of alkyl halides is 3. The van der Waals surface area contributed by atoms with Gasteiger partial charge < -0.3 is 10.2 Å². The minimum atomic E-state index is -4.56. The summed E-state index contributed by atoms with van der Waals surface area (Å²) < 4.78 is 39.5. The molecule has 0 aliphatic heterocycles. The third-order valence-electron chi connectivity index (χ3n) is 4.42. The van der Waals surface area contributed by atoms with Crippen molar-refractivity contribution in [1.82, 2.24) is 4.98 Å². The number of halogens is 3. The first-order valence-corrected chi connectivity index (χ1v) is 9.11. The van der Waals surface area contributed by atoms with E-state index in [9.17, 15) is 18.0 Å². The van der Waals surface area contributed by atoms with Gasteiger partial charge in [-0.1, -0.05) is 42.5 Å². The standard InChI is InChI=1S/C22H20F3N3O/c1-2-28(15-16-8-4-3-5-9-16)17-12-13-26-20(14-17)21(29)27-19-11-7-6-10-18(19)22(23,24)25/h3-14H,2,15H2,1H3,(H,27,29). The summed E-state index contributed by atoms with van der Waals surface area (Å²) in [5.74, 6) is -0.695. The summed E-state index contributed by atoms with van der Waals surface area (Å²) in [6, 6.07) is 18.1. The highest BCUT2D eigenvalue weighted by Crippen LogP contribution is 2.34. The van der Waals surface area contributed by atoms with Gasteiger partial charge in [-0.3, -0.25) is 9.78 Å². The molecule has 1 aromatic heterocycles. The largest absolute Gasteiger partial charge is 0.418 e. The van der Waals surface area contributed by atoms with Crippen molar-refractivity contribution in [3.63, 3.8) is 0 Å². The Morgan fingerprint density at radius 3 is 2.41 bits per heavy atom. The number of rotatable bonds is 6. The Morgan fingerprint density at radius 2 is 1.72 bits per heavy atom. The second-order valence-corrected chi connectivity index (χ2v) is 6.40. The summed E-state index contributed by atoms with van der Waals surface area (Å²) in [6.45, 7) is 3.32. The van der Waals surface area contributed by atoms with Crippen LogP contribution >= 0.6 is 0 Å². The summed E-state index contributed by atoms with van der Waals surface area (Å²) in [7, 11) is 0. The van der Waals surface area contributed by atoms with Crippen molar-refractivity contribution in [2.24, 2.45) is 0 Å². The maximum atomic E-state index is 13.2. The number of nitrogens with zero attached hydrogens (tertiary/aromatic N) is 2. The average molecular weight is 399 g/mol. The van der Waals surface area contributed by atoms with E-state index in [1.807, 2.05) is 37.3 Å². The fourth-order valence-electron chi connectivity index (χ4n) is 2.96. The van der Waals surface area contributed by atoms with Crippen LogP contribution in [-0.4, -0.2) is 17.4 Å². The van der Waals surface area contributed by atoms with E-state index in [0.717, 1.165) is 17.3 Å². The summed E-state index contributed by atoms with van der Waals surface area (Å²) in [4.78, 5) is 18.6. The molecule has 0 saturated carbocycles. The van der Waals surface area contributed by atoms with Crippen molar-refractivity contribution in [3.8, 4) is 0 Å². The predicted octanol–water partition coefficient (Wildman–Crippen LogP) is 5.38. The van der Waals surface area contributed by atoms with Crippen molar-refractivity contribution in [2.75, 3.05) is 16.8 Å². The molecular formula is C22H20F3N3O. The zero-order valence-corrected chi connectivity index (χ0v) is 15.8. The van der Waals surface area contributed by atoms with Crippen LogP contribution in [0.1, 0.15) is 28.5 Å². The molecule has 2 aromatic carbocycles. The molecule has 150 valence electrons. The molecule has 0 radical (unpaired) electrons. The number of nitrogens with one attached hydrogen (secondary N) is 1. The van der Waals surface area contributed by atoms with Crippen LogP contribution in [0.2, 0.25) is 0 Å². The van der Waals surface area contributed by atoms with Gasteiger partial charge in [0.15, 0.2) is 0 Å². The first kappa shape index (κ1) is 20.4. The Balaban J connectivity index is 1.81. The molecule has 3 aromatic rings. The van der Waals surface area contributed by atoms with Crippen LogP contribution in [0.4, 0.5) is 24.5 Å². The quantitative estimate of drug-likeness (QED) is 0.605. The molecule has 0 unspecified atom stereocenters. The number of anilines is 2. The Kier molecular flexibility index (Phi) is 6.16. The van der Waals surface area contributed by atoms with Gasteiger partial charge in [0, 0.05) is 25.0 Å². The molecule has 4 nitrogen and oxygen atoms in total. The van der Waals surface area contributed by atoms with E-state index in [1.165, 1.54) is 24.4 Å². The number of aromatic nitrogens is 1. The van der Waals surface area contributed by atoms with Gasteiger partial charge in [-0.05, 0) is 36.8 Å². The lowest BCUT2D eigenvalue weighted by Crippen LogP contribution is -2.23. The Morgan fingerprint density at radius 1 is 1.03 bits per heavy atom. The van der Waals surface area contributed by atoms with Crippen LogP contribution in [0, 0.1) is 0 Å². The lowest BCUT2D eigenvalue weighted by Gasteiger charge is -2.23. The zero-order chi connectivity index (χ0) is 20.9. The van der Waals surface area contributed by atoms with E-state index in [-0.39, 0.29) is 11.4 Å². The maximum absolute atomic E-state index is 13.2. The van der Waals surface area contributed by atoms with Gasteiger partial charge in [0.05, 0.1) is 11.3 Å². The molecule has 1 heterocycles. The van der Waals surface area contributed by atoms with E-state index in [0.29, 0.717) is 13.1 Å². The van der Waals surface area contributed by atoms with Gasteiger partial charge in [0.1, 0.15) is 5.69 Å². The normalized spacial score (nSPS) is 11.2. The molecule has 0 spiro atoms. The molecule has 1 N–H and O–H groups in total. The van der Waals surface area contributed by atoms with Crippen LogP contribution in [0.5, 0.6) is 0 Å². The third-order valence-corrected chi connectivity index (χ3v) is 4.42. The minimum Gasteiger partial charge on any atom is -0.367 e. The van der Waals surface area contributed by atoms with Crippen LogP contribution in [0.25, 0.3) is 0 Å². The van der Waals surface area contributed by atoms with E-state index in [1.54, 1.807) is 12.1 Å². The monoisotopic (exact) mass is 399 g/mol. The molecule has 0 bridgehead atoms. The molecule has 0 aliphatic carbocycles. The van der Waals surface area contributed by atoms with Gasteiger partial charge in [0.25, 0.3) is 5.91 Å². The Labute approximate surface area is 167 Å². The van der Waals surface area contributed by atoms with Crippen molar-refractivity contribution in [1.29, 1.82) is 0 Å². The van der Waals surface area contributed by atoms with Crippen LogP contribution in [0.3, 0.4) is 0 Å². The minimum absolute atomic E-state index is 0.0472. The number of para-hydroxylation sites is 1. The van der Waals surface area contributed by atoms with Crippen molar-refractivity contribution in [2.45, 2.75) is 19.6 Å². The highest BCUT2D eigenvalue weighted by Gasteiger charge is 2.33. The average Bonchev–Trinajstić information content (AvgIpc) is 2.72. The van der Waals surface area contributed by atoms with Crippen molar-refractivity contribution < 1.29 is 18.0 Å². The van der Waals surface area contributed by atoms with Crippen molar-refractivity contribution in [3.05, 3.63) is 89.7 Å². The summed E-state index contributed by atoms with van der Waals surface area (Å²) in [6.07, 6.45) is -3.08. The highest BCUT2D eigenvalue weighted by molar-refractivity contribution is 6.03. The molecule has 0 fully saturated rings. The lowest BCUT2D eigenvalue weighted by molar-refractivity contribution is -0.136. The molecule has 0 aliphatic rings. The van der Waals surface area contributed by atoms with Crippen LogP contribution < -0.4 is 10.2 Å². The smallest absolute Gasteiger partial charge is 0.367 e. The molecule has 29 heavy (non-hydrogen) atoms. The number of carbonyl (C=O) groups excluding carboxylic acids is 1. The summed E-state index contributed by atoms with van der Waals surface area (Å²) in [5, 5.41) is 2.33. The molecule has 0 atom stereocenters. The second kappa shape index (κ2) is 8.77. The van der Waals surface area contributed by atoms with E-state index in [4.69, 9.17) is 0 Å². The second-order valence-electron chi connectivity index (χ2n) is 6.40. The van der Waals surface area contributed by atoms with Crippen LogP contribution in [0.15, 0.2) is 72.9 Å². The number of amides is 1. The lowest BCUT2D eigenvalue weighted by atomic mass is 10.1. The van der Waals surface area contributed by atoms with E-state index in [2.05, 4.69) is 15.2 Å². The van der Waals surface area contributed by atoms with Gasteiger partial charge in [-0.2, -0.15) is 13.2 Å². The van der Waals surface area contributed by atoms with E-state index < -0.39 is 17.6 Å². The number of hydrogen-bond donors (Lipinski definition) is 1. The Hall–Kier alpha value is -3.35. The van der Waals surface area contributed by atoms with Gasteiger partial charge in [-0.25, -0.2) is 0 Å². The molecule has 7 heteroatoms. The summed E-state index contributed by atoms with van der Waals surface area (Å²) >= 11 is 0. The SMILES string of the molecule is CCN(Cc1ccccc1)c1ccnc(C(=O)Nc2ccccc2C(F)(F)F)c1. The van der Waals surface area contributed by atoms with Gasteiger partial charge >= 0.3 is 6.18 Å². The number of hydrogen-bond acceptors (Lipinski definition) is 3.